The molecule has 0 saturated carbocycles. The number of hydrogen-bond acceptors (Lipinski definition) is 3. The van der Waals surface area contributed by atoms with E-state index in [0.29, 0.717) is 12.0 Å². The predicted octanol–water partition coefficient (Wildman–Crippen LogP) is 3.96. The first-order valence-electron chi connectivity index (χ1n) is 7.81. The maximum atomic E-state index is 12.1. The SMILES string of the molecule is C=C(CC(C)C1=NCCc2ccccc21)C(=O)OC(C)(C)C. The minimum atomic E-state index is -0.488. The van der Waals surface area contributed by atoms with Crippen molar-refractivity contribution in [3.05, 3.63) is 47.5 Å². The van der Waals surface area contributed by atoms with Crippen molar-refractivity contribution in [3.63, 3.8) is 0 Å². The largest absolute Gasteiger partial charge is 0.457 e. The number of rotatable bonds is 4. The predicted molar refractivity (Wildman–Crippen MR) is 90.3 cm³/mol. The van der Waals surface area contributed by atoms with Gasteiger partial charge >= 0.3 is 5.97 Å². The molecule has 1 heterocycles. The fourth-order valence-corrected chi connectivity index (χ4v) is 2.69. The van der Waals surface area contributed by atoms with Gasteiger partial charge in [0.1, 0.15) is 5.60 Å². The van der Waals surface area contributed by atoms with Gasteiger partial charge in [-0.3, -0.25) is 4.99 Å². The number of fused-ring (bicyclic) bond motifs is 1. The number of nitrogens with zero attached hydrogens (tertiary/aromatic N) is 1. The highest BCUT2D eigenvalue weighted by molar-refractivity contribution is 6.04. The summed E-state index contributed by atoms with van der Waals surface area (Å²) in [5.74, 6) is -0.162. The highest BCUT2D eigenvalue weighted by Crippen LogP contribution is 2.24. The van der Waals surface area contributed by atoms with Crippen molar-refractivity contribution in [1.29, 1.82) is 0 Å². The zero-order chi connectivity index (χ0) is 16.3. The molecular weight excluding hydrogens is 274 g/mol. The molecule has 0 saturated heterocycles. The molecule has 0 bridgehead atoms. The third-order valence-corrected chi connectivity index (χ3v) is 3.66. The summed E-state index contributed by atoms with van der Waals surface area (Å²) in [7, 11) is 0. The minimum absolute atomic E-state index is 0.154. The van der Waals surface area contributed by atoms with Crippen molar-refractivity contribution in [2.24, 2.45) is 10.9 Å². The number of ether oxygens (including phenoxy) is 1. The summed E-state index contributed by atoms with van der Waals surface area (Å²) in [5.41, 5.74) is 3.64. The maximum absolute atomic E-state index is 12.1. The van der Waals surface area contributed by atoms with E-state index in [1.54, 1.807) is 0 Å². The van der Waals surface area contributed by atoms with Gasteiger partial charge in [-0.15, -0.1) is 0 Å². The van der Waals surface area contributed by atoms with Crippen molar-refractivity contribution in [3.8, 4) is 0 Å². The van der Waals surface area contributed by atoms with Gasteiger partial charge in [-0.1, -0.05) is 37.8 Å². The van der Waals surface area contributed by atoms with E-state index >= 15 is 0 Å². The lowest BCUT2D eigenvalue weighted by Gasteiger charge is -2.24. The highest BCUT2D eigenvalue weighted by atomic mass is 16.6. The smallest absolute Gasteiger partial charge is 0.333 e. The average Bonchev–Trinajstić information content (AvgIpc) is 2.44. The van der Waals surface area contributed by atoms with Gasteiger partial charge in [0, 0.05) is 23.7 Å². The van der Waals surface area contributed by atoms with Crippen LogP contribution in [-0.4, -0.2) is 23.8 Å². The molecule has 0 aliphatic carbocycles. The highest BCUT2D eigenvalue weighted by Gasteiger charge is 2.24. The molecule has 0 amide bonds. The van der Waals surface area contributed by atoms with E-state index in [-0.39, 0.29) is 11.9 Å². The van der Waals surface area contributed by atoms with Crippen LogP contribution in [0.15, 0.2) is 41.4 Å². The summed E-state index contributed by atoms with van der Waals surface area (Å²) < 4.78 is 5.38. The summed E-state index contributed by atoms with van der Waals surface area (Å²) in [5, 5.41) is 0. The van der Waals surface area contributed by atoms with Crippen LogP contribution in [0, 0.1) is 5.92 Å². The van der Waals surface area contributed by atoms with E-state index in [1.165, 1.54) is 11.1 Å². The molecule has 1 aliphatic heterocycles. The Hall–Kier alpha value is -1.90. The van der Waals surface area contributed by atoms with Gasteiger partial charge in [0.2, 0.25) is 0 Å². The third-order valence-electron chi connectivity index (χ3n) is 3.66. The van der Waals surface area contributed by atoms with E-state index in [9.17, 15) is 4.79 Å². The molecule has 0 radical (unpaired) electrons. The number of benzene rings is 1. The first-order chi connectivity index (χ1) is 10.3. The van der Waals surface area contributed by atoms with Crippen LogP contribution in [0.25, 0.3) is 0 Å². The monoisotopic (exact) mass is 299 g/mol. The molecule has 0 fully saturated rings. The van der Waals surface area contributed by atoms with Gasteiger partial charge in [0.25, 0.3) is 0 Å². The lowest BCUT2D eigenvalue weighted by atomic mass is 9.87. The van der Waals surface area contributed by atoms with Crippen LogP contribution in [0.4, 0.5) is 0 Å². The van der Waals surface area contributed by atoms with Gasteiger partial charge in [-0.25, -0.2) is 4.79 Å². The number of carbonyl (C=O) groups excluding carboxylic acids is 1. The molecule has 22 heavy (non-hydrogen) atoms. The van der Waals surface area contributed by atoms with Crippen molar-refractivity contribution < 1.29 is 9.53 Å². The van der Waals surface area contributed by atoms with Crippen LogP contribution in [-0.2, 0) is 16.0 Å². The number of hydrogen-bond donors (Lipinski definition) is 0. The molecule has 3 heteroatoms. The van der Waals surface area contributed by atoms with Crippen LogP contribution in [0.5, 0.6) is 0 Å². The Morgan fingerprint density at radius 3 is 2.73 bits per heavy atom. The molecule has 118 valence electrons. The first kappa shape index (κ1) is 16.5. The summed E-state index contributed by atoms with van der Waals surface area (Å²) in [6, 6.07) is 8.36. The Morgan fingerprint density at radius 1 is 1.36 bits per heavy atom. The lowest BCUT2D eigenvalue weighted by Crippen LogP contribution is -2.26. The molecule has 2 rings (SSSR count). The molecule has 1 aromatic rings. The quantitative estimate of drug-likeness (QED) is 0.623. The summed E-state index contributed by atoms with van der Waals surface area (Å²) in [4.78, 5) is 16.7. The van der Waals surface area contributed by atoms with E-state index in [4.69, 9.17) is 4.74 Å². The van der Waals surface area contributed by atoms with Gasteiger partial charge in [0.05, 0.1) is 0 Å². The Balaban J connectivity index is 2.07. The van der Waals surface area contributed by atoms with E-state index in [0.717, 1.165) is 18.7 Å². The second-order valence-corrected chi connectivity index (χ2v) is 6.88. The van der Waals surface area contributed by atoms with Crippen molar-refractivity contribution >= 4 is 11.7 Å². The summed E-state index contributed by atoms with van der Waals surface area (Å²) in [6.45, 7) is 12.4. The van der Waals surface area contributed by atoms with E-state index < -0.39 is 5.60 Å². The van der Waals surface area contributed by atoms with Gasteiger partial charge in [-0.2, -0.15) is 0 Å². The van der Waals surface area contributed by atoms with Crippen LogP contribution >= 0.6 is 0 Å². The maximum Gasteiger partial charge on any atom is 0.333 e. The minimum Gasteiger partial charge on any atom is -0.457 e. The lowest BCUT2D eigenvalue weighted by molar-refractivity contribution is -0.150. The standard InChI is InChI=1S/C19H25NO2/c1-13(12-14(2)18(21)22-19(3,4)5)17-16-9-7-6-8-15(16)10-11-20-17/h6-9,13H,2,10-12H2,1,3-5H3. The second-order valence-electron chi connectivity index (χ2n) is 6.88. The number of carbonyl (C=O) groups is 1. The number of aliphatic imine (C=N–C) groups is 1. The fraction of sp³-hybridized carbons (Fsp3) is 0.474. The van der Waals surface area contributed by atoms with Crippen LogP contribution in [0.1, 0.15) is 45.2 Å². The molecule has 0 aromatic heterocycles. The zero-order valence-electron chi connectivity index (χ0n) is 14.0. The number of esters is 1. The molecule has 1 aromatic carbocycles. The molecule has 1 unspecified atom stereocenters. The van der Waals surface area contributed by atoms with Crippen molar-refractivity contribution in [1.82, 2.24) is 0 Å². The average molecular weight is 299 g/mol. The molecule has 3 nitrogen and oxygen atoms in total. The van der Waals surface area contributed by atoms with Crippen LogP contribution < -0.4 is 0 Å². The summed E-state index contributed by atoms with van der Waals surface area (Å²) in [6.07, 6.45) is 1.56. The van der Waals surface area contributed by atoms with Crippen molar-refractivity contribution in [2.75, 3.05) is 6.54 Å². The first-order valence-corrected chi connectivity index (χ1v) is 7.81. The second kappa shape index (κ2) is 6.47. The third kappa shape index (κ3) is 4.06. The molecule has 0 N–H and O–H groups in total. The van der Waals surface area contributed by atoms with E-state index in [2.05, 4.69) is 36.7 Å². The molecule has 1 atom stereocenters. The van der Waals surface area contributed by atoms with Gasteiger partial charge in [0.15, 0.2) is 0 Å². The van der Waals surface area contributed by atoms with Crippen LogP contribution in [0.2, 0.25) is 0 Å². The molecule has 1 aliphatic rings. The Kier molecular flexibility index (Phi) is 4.84. The molecule has 0 spiro atoms. The normalized spacial score (nSPS) is 15.5. The van der Waals surface area contributed by atoms with Gasteiger partial charge in [-0.05, 0) is 44.7 Å². The van der Waals surface area contributed by atoms with Crippen molar-refractivity contribution in [2.45, 2.75) is 46.1 Å². The summed E-state index contributed by atoms with van der Waals surface area (Å²) >= 11 is 0. The fourth-order valence-electron chi connectivity index (χ4n) is 2.69. The Morgan fingerprint density at radius 2 is 2.05 bits per heavy atom. The Bertz CT molecular complexity index is 608. The topological polar surface area (TPSA) is 38.7 Å². The van der Waals surface area contributed by atoms with Gasteiger partial charge < -0.3 is 4.74 Å². The van der Waals surface area contributed by atoms with Crippen LogP contribution in [0.3, 0.4) is 0 Å². The van der Waals surface area contributed by atoms with E-state index in [1.807, 2.05) is 26.8 Å². The zero-order valence-corrected chi connectivity index (χ0v) is 14.0. The Labute approximate surface area is 133 Å². The molecular formula is C19H25NO2.